The Labute approximate surface area is 153 Å². The van der Waals surface area contributed by atoms with Crippen LogP contribution in [0.4, 0.5) is 16.8 Å². The van der Waals surface area contributed by atoms with E-state index in [0.717, 1.165) is 44.3 Å². The average molecular weight is 364 g/mol. The van der Waals surface area contributed by atoms with E-state index < -0.39 is 0 Å². The number of hydrogen-bond donors (Lipinski definition) is 3. The summed E-state index contributed by atoms with van der Waals surface area (Å²) < 4.78 is 0. The van der Waals surface area contributed by atoms with E-state index in [1.807, 2.05) is 44.3 Å². The molecule has 0 saturated heterocycles. The first kappa shape index (κ1) is 16.2. The molecule has 0 unspecified atom stereocenters. The summed E-state index contributed by atoms with van der Waals surface area (Å²) in [6.07, 6.45) is 2.53. The second kappa shape index (κ2) is 6.57. The second-order valence-electron chi connectivity index (χ2n) is 5.72. The van der Waals surface area contributed by atoms with Gasteiger partial charge in [0.25, 0.3) is 0 Å². The number of hydrogen-bond acceptors (Lipinski definition) is 7. The fourth-order valence-electron chi connectivity index (χ4n) is 2.71. The summed E-state index contributed by atoms with van der Waals surface area (Å²) in [5.41, 5.74) is 4.07. The minimum atomic E-state index is 0.506. The van der Waals surface area contributed by atoms with Crippen molar-refractivity contribution in [1.29, 1.82) is 0 Å². The minimum absolute atomic E-state index is 0.506. The van der Waals surface area contributed by atoms with Gasteiger partial charge in [-0.05, 0) is 37.3 Å². The van der Waals surface area contributed by atoms with E-state index in [4.69, 9.17) is 0 Å². The Bertz CT molecular complexity index is 1100. The number of anilines is 3. The molecule has 0 bridgehead atoms. The molecule has 0 saturated carbocycles. The fraction of sp³-hybridized carbons (Fsp3) is 0.111. The molecule has 4 aromatic rings. The van der Waals surface area contributed by atoms with E-state index in [1.54, 1.807) is 17.5 Å². The number of carbonyl (C=O) groups is 1. The SMILES string of the molecule is CNc1nc(C)c(-c2ccnc(Nc3ccc4[nH]c(C=O)cc4c3)n2)s1. The standard InChI is InChI=1S/C18H16N6OS/c1-10-16(26-18(19-2)21-10)15-5-6-20-17(24-15)23-12-3-4-14-11(7-12)8-13(9-25)22-14/h3-9,22H,1-2H3,(H,19,21)(H,20,23,24). The molecule has 3 N–H and O–H groups in total. The topological polar surface area (TPSA) is 95.6 Å². The summed E-state index contributed by atoms with van der Waals surface area (Å²) in [7, 11) is 1.85. The van der Waals surface area contributed by atoms with Gasteiger partial charge < -0.3 is 15.6 Å². The van der Waals surface area contributed by atoms with Crippen molar-refractivity contribution < 1.29 is 4.79 Å². The fourth-order valence-corrected chi connectivity index (χ4v) is 3.60. The van der Waals surface area contributed by atoms with Crippen LogP contribution in [0.1, 0.15) is 16.2 Å². The molecule has 0 amide bonds. The van der Waals surface area contributed by atoms with Crippen LogP contribution in [-0.4, -0.2) is 33.3 Å². The van der Waals surface area contributed by atoms with Gasteiger partial charge in [0, 0.05) is 29.8 Å². The second-order valence-corrected chi connectivity index (χ2v) is 6.72. The number of thiazole rings is 1. The zero-order valence-electron chi connectivity index (χ0n) is 14.2. The Balaban J connectivity index is 1.64. The smallest absolute Gasteiger partial charge is 0.227 e. The van der Waals surface area contributed by atoms with Gasteiger partial charge in [-0.15, -0.1) is 0 Å². The average Bonchev–Trinajstić information content (AvgIpc) is 3.24. The maximum atomic E-state index is 10.9. The Hall–Kier alpha value is -3.26. The van der Waals surface area contributed by atoms with Crippen LogP contribution in [-0.2, 0) is 0 Å². The number of rotatable bonds is 5. The van der Waals surface area contributed by atoms with E-state index in [0.29, 0.717) is 11.6 Å². The van der Waals surface area contributed by atoms with Gasteiger partial charge in [0.05, 0.1) is 22.0 Å². The van der Waals surface area contributed by atoms with Crippen molar-refractivity contribution in [3.63, 3.8) is 0 Å². The van der Waals surface area contributed by atoms with Crippen LogP contribution in [0, 0.1) is 6.92 Å². The third kappa shape index (κ3) is 3.02. The Kier molecular flexibility index (Phi) is 4.10. The highest BCUT2D eigenvalue weighted by Crippen LogP contribution is 2.31. The number of aldehydes is 1. The highest BCUT2D eigenvalue weighted by atomic mass is 32.1. The van der Waals surface area contributed by atoms with E-state index >= 15 is 0 Å². The molecule has 4 rings (SSSR count). The molecule has 0 radical (unpaired) electrons. The number of H-pyrrole nitrogens is 1. The van der Waals surface area contributed by atoms with Gasteiger partial charge in [0.1, 0.15) is 0 Å². The normalized spacial score (nSPS) is 10.8. The quantitative estimate of drug-likeness (QED) is 0.464. The maximum Gasteiger partial charge on any atom is 0.227 e. The molecule has 1 aromatic carbocycles. The van der Waals surface area contributed by atoms with Crippen molar-refractivity contribution in [3.05, 3.63) is 47.9 Å². The Morgan fingerprint density at radius 2 is 2.08 bits per heavy atom. The number of aryl methyl sites for hydroxylation is 1. The zero-order valence-corrected chi connectivity index (χ0v) is 15.0. The van der Waals surface area contributed by atoms with Gasteiger partial charge in [-0.25, -0.2) is 15.0 Å². The van der Waals surface area contributed by atoms with Gasteiger partial charge in [-0.2, -0.15) is 0 Å². The van der Waals surface area contributed by atoms with Crippen LogP contribution in [0.5, 0.6) is 0 Å². The third-order valence-electron chi connectivity index (χ3n) is 3.92. The molecule has 8 heteroatoms. The number of aromatic amines is 1. The molecule has 3 heterocycles. The van der Waals surface area contributed by atoms with Crippen molar-refractivity contribution in [3.8, 4) is 10.6 Å². The molecule has 130 valence electrons. The van der Waals surface area contributed by atoms with Gasteiger partial charge in [0.15, 0.2) is 11.4 Å². The van der Waals surface area contributed by atoms with Crippen LogP contribution in [0.25, 0.3) is 21.5 Å². The molecule has 0 fully saturated rings. The highest BCUT2D eigenvalue weighted by Gasteiger charge is 2.11. The lowest BCUT2D eigenvalue weighted by molar-refractivity contribution is 0.112. The van der Waals surface area contributed by atoms with Crippen LogP contribution in [0.2, 0.25) is 0 Å². The van der Waals surface area contributed by atoms with E-state index in [2.05, 4.69) is 30.6 Å². The first-order valence-corrected chi connectivity index (χ1v) is 8.81. The Morgan fingerprint density at radius 3 is 2.85 bits per heavy atom. The Morgan fingerprint density at radius 1 is 1.19 bits per heavy atom. The van der Waals surface area contributed by atoms with Crippen LogP contribution < -0.4 is 10.6 Å². The molecule has 26 heavy (non-hydrogen) atoms. The van der Waals surface area contributed by atoms with Crippen molar-refractivity contribution in [2.24, 2.45) is 0 Å². The monoisotopic (exact) mass is 364 g/mol. The van der Waals surface area contributed by atoms with Crippen LogP contribution in [0.15, 0.2) is 36.5 Å². The van der Waals surface area contributed by atoms with Gasteiger partial charge in [-0.1, -0.05) is 11.3 Å². The van der Waals surface area contributed by atoms with Gasteiger partial charge >= 0.3 is 0 Å². The van der Waals surface area contributed by atoms with Crippen molar-refractivity contribution in [2.45, 2.75) is 6.92 Å². The lowest BCUT2D eigenvalue weighted by atomic mass is 10.2. The number of aromatic nitrogens is 4. The first-order chi connectivity index (χ1) is 12.7. The van der Waals surface area contributed by atoms with Crippen molar-refractivity contribution >= 4 is 45.3 Å². The molecule has 3 aromatic heterocycles. The molecular formula is C18H16N6OS. The van der Waals surface area contributed by atoms with E-state index in [9.17, 15) is 4.79 Å². The number of nitrogens with one attached hydrogen (secondary N) is 3. The minimum Gasteiger partial charge on any atom is -0.365 e. The van der Waals surface area contributed by atoms with Gasteiger partial charge in [0.2, 0.25) is 5.95 Å². The summed E-state index contributed by atoms with van der Waals surface area (Å²) >= 11 is 1.56. The zero-order chi connectivity index (χ0) is 18.1. The first-order valence-electron chi connectivity index (χ1n) is 8.00. The number of benzene rings is 1. The number of fused-ring (bicyclic) bond motifs is 1. The summed E-state index contributed by atoms with van der Waals surface area (Å²) in [6, 6.07) is 9.47. The maximum absolute atomic E-state index is 10.9. The summed E-state index contributed by atoms with van der Waals surface area (Å²) in [5, 5.41) is 8.08. The van der Waals surface area contributed by atoms with Crippen LogP contribution >= 0.6 is 11.3 Å². The molecule has 0 aliphatic rings. The summed E-state index contributed by atoms with van der Waals surface area (Å²) in [4.78, 5) is 28.3. The molecule has 0 aliphatic heterocycles. The lowest BCUT2D eigenvalue weighted by Gasteiger charge is -2.06. The molecule has 0 atom stereocenters. The van der Waals surface area contributed by atoms with Gasteiger partial charge in [-0.3, -0.25) is 4.79 Å². The van der Waals surface area contributed by atoms with Crippen molar-refractivity contribution in [2.75, 3.05) is 17.7 Å². The molecule has 0 spiro atoms. The summed E-state index contributed by atoms with van der Waals surface area (Å²) in [5.74, 6) is 0.506. The third-order valence-corrected chi connectivity index (χ3v) is 5.12. The molecule has 7 nitrogen and oxygen atoms in total. The lowest BCUT2D eigenvalue weighted by Crippen LogP contribution is -1.97. The summed E-state index contributed by atoms with van der Waals surface area (Å²) in [6.45, 7) is 1.96. The molecule has 0 aliphatic carbocycles. The largest absolute Gasteiger partial charge is 0.365 e. The molecular weight excluding hydrogens is 348 g/mol. The van der Waals surface area contributed by atoms with E-state index in [1.165, 1.54) is 0 Å². The van der Waals surface area contributed by atoms with E-state index in [-0.39, 0.29) is 0 Å². The number of nitrogens with zero attached hydrogens (tertiary/aromatic N) is 3. The van der Waals surface area contributed by atoms with Crippen LogP contribution in [0.3, 0.4) is 0 Å². The predicted molar refractivity (Wildman–Crippen MR) is 104 cm³/mol. The predicted octanol–water partition coefficient (Wildman–Crippen LogP) is 3.99. The number of carbonyl (C=O) groups excluding carboxylic acids is 1. The highest BCUT2D eigenvalue weighted by molar-refractivity contribution is 7.19. The van der Waals surface area contributed by atoms with Crippen molar-refractivity contribution in [1.82, 2.24) is 19.9 Å².